The van der Waals surface area contributed by atoms with Gasteiger partial charge in [-0.2, -0.15) is 0 Å². The van der Waals surface area contributed by atoms with Crippen LogP contribution in [0.3, 0.4) is 0 Å². The average molecular weight is 868 g/mol. The van der Waals surface area contributed by atoms with Gasteiger partial charge in [0.05, 0.1) is 23.2 Å². The number of unbranched alkanes of at least 4 members (excludes halogenated alkanes) is 2. The van der Waals surface area contributed by atoms with E-state index in [2.05, 4.69) is 12.7 Å². The summed E-state index contributed by atoms with van der Waals surface area (Å²) >= 11 is 0. The van der Waals surface area contributed by atoms with E-state index >= 15 is 0 Å². The highest BCUT2D eigenvalue weighted by molar-refractivity contribution is 6.03. The molecule has 63 heavy (non-hydrogen) atoms. The minimum atomic E-state index is -1.38. The molecule has 6 atom stereocenters. The normalized spacial score (nSPS) is 24.5. The van der Waals surface area contributed by atoms with Crippen molar-refractivity contribution < 1.29 is 43.4 Å². The summed E-state index contributed by atoms with van der Waals surface area (Å²) in [5, 5.41) is 36.0. The third-order valence-corrected chi connectivity index (χ3v) is 13.7. The lowest BCUT2D eigenvalue weighted by Crippen LogP contribution is -2.69. The summed E-state index contributed by atoms with van der Waals surface area (Å²) in [5.41, 5.74) is 3.57. The number of amides is 1. The number of aliphatic hydroxyl groups is 2. The Morgan fingerprint density at radius 1 is 1.02 bits per heavy atom. The van der Waals surface area contributed by atoms with Crippen molar-refractivity contribution in [3.05, 3.63) is 124 Å². The van der Waals surface area contributed by atoms with Crippen LogP contribution in [0.4, 0.5) is 10.1 Å². The van der Waals surface area contributed by atoms with E-state index in [4.69, 9.17) is 24.2 Å². The Bertz CT molecular complexity index is 2100. The smallest absolute Gasteiger partial charge is 0.269 e. The number of hydrogen-bond donors (Lipinski definition) is 2. The van der Waals surface area contributed by atoms with Gasteiger partial charge in [-0.3, -0.25) is 14.9 Å². The van der Waals surface area contributed by atoms with Gasteiger partial charge < -0.3 is 34.2 Å². The fourth-order valence-electron chi connectivity index (χ4n) is 10.5. The Morgan fingerprint density at radius 2 is 1.76 bits per heavy atom. The van der Waals surface area contributed by atoms with E-state index in [1.165, 1.54) is 31.0 Å². The molecule has 12 nitrogen and oxygen atoms in total. The van der Waals surface area contributed by atoms with Crippen molar-refractivity contribution in [1.82, 2.24) is 4.90 Å². The third-order valence-electron chi connectivity index (χ3n) is 13.7. The highest BCUT2D eigenvalue weighted by atomic mass is 19.1. The summed E-state index contributed by atoms with van der Waals surface area (Å²) in [6.07, 6.45) is 14.5. The van der Waals surface area contributed by atoms with Gasteiger partial charge in [0.25, 0.3) is 5.69 Å². The number of rotatable bonds is 22. The highest BCUT2D eigenvalue weighted by Gasteiger charge is 2.65. The summed E-state index contributed by atoms with van der Waals surface area (Å²) in [6, 6.07) is 17.8. The number of nitro benzene ring substituents is 1. The number of ether oxygens (including phenoxy) is 3. The van der Waals surface area contributed by atoms with Crippen LogP contribution in [-0.4, -0.2) is 70.4 Å². The van der Waals surface area contributed by atoms with Crippen molar-refractivity contribution in [3.63, 3.8) is 0 Å². The predicted molar refractivity (Wildman–Crippen MR) is 238 cm³/mol. The summed E-state index contributed by atoms with van der Waals surface area (Å²) in [6.45, 7) is 4.39. The number of nitrogens with zero attached hydrogens (tertiary/aromatic N) is 3. The zero-order chi connectivity index (χ0) is 44.3. The van der Waals surface area contributed by atoms with Gasteiger partial charge in [-0.25, -0.2) is 4.39 Å². The maximum absolute atomic E-state index is 14.7. The van der Waals surface area contributed by atoms with Crippen molar-refractivity contribution in [2.75, 3.05) is 26.9 Å². The van der Waals surface area contributed by atoms with Crippen molar-refractivity contribution in [1.29, 1.82) is 0 Å². The molecule has 0 spiro atoms. The number of likely N-dealkylation sites (N-methyl/N-ethyl adjacent to an activating group) is 1. The Labute approximate surface area is 369 Å². The second-order valence-corrected chi connectivity index (χ2v) is 17.5. The standard InChI is InChI=1S/C50H62FN3O9/c1-3-28-61-50-46(53(2)47(57)25-20-34-12-4-5-13-34)31-44(52-62-32-35-18-21-38(22-19-35)54(58)59)41-29-36(14-8-10-26-55)40(16-9-11-27-56)48(49(41)50)42-30-39(23-24-45(42)63-50)60-33-37-15-6-7-17-43(37)51/h3,6-7,15,17-19,21-24,29-30,34,36,40,46,48-49,55-56H,1,4-5,8-14,16,20,25-28,31-33H2,2H3/t36-,40+,46-,48+,49+,50+/m0/s1. The largest absolute Gasteiger partial charge is 0.489 e. The first kappa shape index (κ1) is 45.9. The van der Waals surface area contributed by atoms with Gasteiger partial charge in [-0.1, -0.05) is 74.0 Å². The highest BCUT2D eigenvalue weighted by Crippen LogP contribution is 2.62. The van der Waals surface area contributed by atoms with Crippen LogP contribution in [0.25, 0.3) is 0 Å². The van der Waals surface area contributed by atoms with E-state index in [0.717, 1.165) is 56.1 Å². The summed E-state index contributed by atoms with van der Waals surface area (Å²) < 4.78 is 35.3. The number of aliphatic hydroxyl groups excluding tert-OH is 2. The number of fused-ring (bicyclic) bond motifs is 2. The fourth-order valence-corrected chi connectivity index (χ4v) is 10.5. The van der Waals surface area contributed by atoms with Crippen molar-refractivity contribution in [3.8, 4) is 11.5 Å². The number of benzene rings is 3. The Balaban J connectivity index is 1.35. The molecule has 0 bridgehead atoms. The molecule has 338 valence electrons. The molecule has 0 unspecified atom stereocenters. The number of nitro groups is 1. The van der Waals surface area contributed by atoms with Crippen molar-refractivity contribution in [2.45, 2.75) is 114 Å². The summed E-state index contributed by atoms with van der Waals surface area (Å²) in [4.78, 5) is 33.2. The van der Waals surface area contributed by atoms with E-state index in [1.54, 1.807) is 41.3 Å². The Kier molecular flexibility index (Phi) is 15.7. The van der Waals surface area contributed by atoms with Crippen LogP contribution in [0.1, 0.15) is 106 Å². The predicted octanol–water partition coefficient (Wildman–Crippen LogP) is 9.58. The van der Waals surface area contributed by atoms with Gasteiger partial charge in [0.2, 0.25) is 11.7 Å². The van der Waals surface area contributed by atoms with Gasteiger partial charge in [0, 0.05) is 62.3 Å². The maximum Gasteiger partial charge on any atom is 0.269 e. The molecule has 3 aliphatic carbocycles. The topological polar surface area (TPSA) is 153 Å². The summed E-state index contributed by atoms with van der Waals surface area (Å²) in [5.74, 6) is -0.760. The zero-order valence-electron chi connectivity index (χ0n) is 36.4. The molecule has 13 heteroatoms. The molecule has 3 aromatic rings. The lowest BCUT2D eigenvalue weighted by atomic mass is 9.55. The van der Waals surface area contributed by atoms with E-state index in [1.807, 2.05) is 25.2 Å². The lowest BCUT2D eigenvalue weighted by Gasteiger charge is -2.59. The monoisotopic (exact) mass is 867 g/mol. The minimum absolute atomic E-state index is 0.00733. The van der Waals surface area contributed by atoms with E-state index in [0.29, 0.717) is 53.5 Å². The van der Waals surface area contributed by atoms with Gasteiger partial charge in [0.1, 0.15) is 36.6 Å². The molecule has 0 aromatic heterocycles. The van der Waals surface area contributed by atoms with Crippen LogP contribution in [0.15, 0.2) is 96.2 Å². The van der Waals surface area contributed by atoms with Gasteiger partial charge in [-0.05, 0) is 97.4 Å². The molecule has 2 fully saturated rings. The first-order chi connectivity index (χ1) is 30.7. The average Bonchev–Trinajstić information content (AvgIpc) is 3.82. The molecule has 0 radical (unpaired) electrons. The van der Waals surface area contributed by atoms with E-state index < -0.39 is 22.7 Å². The molecule has 1 amide bonds. The number of allylic oxidation sites excluding steroid dienone is 1. The first-order valence-electron chi connectivity index (χ1n) is 22.7. The molecular weight excluding hydrogens is 806 g/mol. The summed E-state index contributed by atoms with van der Waals surface area (Å²) in [7, 11) is 1.83. The molecule has 1 heterocycles. The van der Waals surface area contributed by atoms with Crippen LogP contribution < -0.4 is 9.47 Å². The van der Waals surface area contributed by atoms with Crippen LogP contribution in [-0.2, 0) is 27.6 Å². The number of hydrogen-bond acceptors (Lipinski definition) is 10. The minimum Gasteiger partial charge on any atom is -0.489 e. The molecule has 2 N–H and O–H groups in total. The lowest BCUT2D eigenvalue weighted by molar-refractivity contribution is -0.384. The fraction of sp³-hybridized carbons (Fsp3) is 0.520. The number of oxime groups is 1. The van der Waals surface area contributed by atoms with Crippen LogP contribution in [0.2, 0.25) is 0 Å². The number of non-ortho nitro benzene ring substituents is 1. The molecule has 4 aliphatic rings. The quantitative estimate of drug-likeness (QED) is 0.0435. The third kappa shape index (κ3) is 10.5. The van der Waals surface area contributed by atoms with Crippen molar-refractivity contribution >= 4 is 17.3 Å². The number of carbonyl (C=O) groups excluding carboxylic acids is 1. The van der Waals surface area contributed by atoms with E-state index in [9.17, 15) is 29.5 Å². The Morgan fingerprint density at radius 3 is 2.48 bits per heavy atom. The molecule has 1 aliphatic heterocycles. The molecule has 3 aromatic carbocycles. The molecule has 7 rings (SSSR count). The maximum atomic E-state index is 14.7. The van der Waals surface area contributed by atoms with Gasteiger partial charge >= 0.3 is 0 Å². The molecule has 0 saturated heterocycles. The van der Waals surface area contributed by atoms with E-state index in [-0.39, 0.29) is 74.6 Å². The zero-order valence-corrected chi connectivity index (χ0v) is 36.4. The van der Waals surface area contributed by atoms with Crippen LogP contribution in [0.5, 0.6) is 11.5 Å². The Hall–Kier alpha value is -5.11. The van der Waals surface area contributed by atoms with Gasteiger partial charge in [-0.15, -0.1) is 6.58 Å². The second kappa shape index (κ2) is 21.5. The second-order valence-electron chi connectivity index (χ2n) is 17.5. The molecular formula is C50H62FN3O9. The number of halogens is 1. The SMILES string of the molecule is C=CCO[C@@]12Oc3ccc(OCc4ccccc4F)cc3[C@H]3[C@H](CCCCO)[C@@H](CCCCO)C=C(C(=NOCc4ccc([N+](=O)[O-])cc4)C[C@@H]1N(C)C(=O)CCC1CCCC1)[C@H]32. The molecule has 2 saturated carbocycles. The van der Waals surface area contributed by atoms with Crippen molar-refractivity contribution in [2.24, 2.45) is 28.8 Å². The first-order valence-corrected chi connectivity index (χ1v) is 22.7. The van der Waals surface area contributed by atoms with Crippen LogP contribution in [0, 0.1) is 39.6 Å². The number of carbonyl (C=O) groups is 1. The van der Waals surface area contributed by atoms with Gasteiger partial charge in [0.15, 0.2) is 0 Å². The van der Waals surface area contributed by atoms with Crippen LogP contribution >= 0.6 is 0 Å².